The van der Waals surface area contributed by atoms with Crippen LogP contribution in [0.5, 0.6) is 5.75 Å². The molecular formula is C18H18F3N3O3. The molecule has 6 nitrogen and oxygen atoms in total. The lowest BCUT2D eigenvalue weighted by atomic mass is 10.1. The summed E-state index contributed by atoms with van der Waals surface area (Å²) >= 11 is 0. The van der Waals surface area contributed by atoms with Gasteiger partial charge in [-0.05, 0) is 30.3 Å². The second-order valence-corrected chi connectivity index (χ2v) is 5.22. The number of benzene rings is 1. The zero-order chi connectivity index (χ0) is 19.8. The van der Waals surface area contributed by atoms with Crippen molar-refractivity contribution in [3.8, 4) is 17.0 Å². The van der Waals surface area contributed by atoms with Gasteiger partial charge in [-0.25, -0.2) is 4.39 Å². The molecule has 0 saturated carbocycles. The van der Waals surface area contributed by atoms with E-state index in [1.165, 1.54) is 32.5 Å². The van der Waals surface area contributed by atoms with E-state index in [0.717, 1.165) is 6.07 Å². The molecule has 0 aliphatic heterocycles. The van der Waals surface area contributed by atoms with Crippen LogP contribution < -0.4 is 4.74 Å². The van der Waals surface area contributed by atoms with Crippen LogP contribution in [0.25, 0.3) is 11.3 Å². The Morgan fingerprint density at radius 2 is 2.04 bits per heavy atom. The summed E-state index contributed by atoms with van der Waals surface area (Å²) in [5.74, 6) is -1.83. The molecule has 144 valence electrons. The van der Waals surface area contributed by atoms with E-state index in [-0.39, 0.29) is 18.1 Å². The molecule has 0 atom stereocenters. The van der Waals surface area contributed by atoms with Crippen molar-refractivity contribution in [1.29, 1.82) is 5.41 Å². The average molecular weight is 381 g/mol. The summed E-state index contributed by atoms with van der Waals surface area (Å²) < 4.78 is 54.5. The molecule has 27 heavy (non-hydrogen) atoms. The van der Waals surface area contributed by atoms with Crippen LogP contribution in [0.4, 0.5) is 13.2 Å². The average Bonchev–Trinajstić information content (AvgIpc) is 2.65. The molecule has 9 heteroatoms. The zero-order valence-corrected chi connectivity index (χ0v) is 14.7. The highest BCUT2D eigenvalue weighted by Gasteiger charge is 2.18. The number of nitrogens with one attached hydrogen (secondary N) is 1. The Balaban J connectivity index is 2.39. The SMILES string of the molecule is C/N=C(\OC(=N)C(F)F)c1cc(F)cc(-c2ncccc2OCCOC)c1. The first kappa shape index (κ1) is 20.4. The minimum atomic E-state index is -3.11. The fourth-order valence-corrected chi connectivity index (χ4v) is 2.19. The molecule has 0 unspecified atom stereocenters. The number of hydrogen-bond donors (Lipinski definition) is 1. The predicted octanol–water partition coefficient (Wildman–Crippen LogP) is 3.55. The second-order valence-electron chi connectivity index (χ2n) is 5.22. The number of pyridine rings is 1. The van der Waals surface area contributed by atoms with Crippen LogP contribution in [-0.4, -0.2) is 50.6 Å². The maximum absolute atomic E-state index is 14.1. The summed E-state index contributed by atoms with van der Waals surface area (Å²) in [5, 5.41) is 7.14. The number of hydrogen-bond acceptors (Lipinski definition) is 6. The van der Waals surface area contributed by atoms with Gasteiger partial charge in [0.1, 0.15) is 23.9 Å². The number of halogens is 3. The van der Waals surface area contributed by atoms with Gasteiger partial charge in [-0.3, -0.25) is 15.4 Å². The third-order valence-corrected chi connectivity index (χ3v) is 3.34. The van der Waals surface area contributed by atoms with Crippen LogP contribution in [0.15, 0.2) is 41.5 Å². The van der Waals surface area contributed by atoms with Gasteiger partial charge < -0.3 is 14.2 Å². The molecule has 1 heterocycles. The standard InChI is InChI=1S/C18H18F3N3O3/c1-23-18(27-17(22)16(20)21)12-8-11(9-13(19)10-12)15-14(4-3-5-24-15)26-7-6-25-2/h3-5,8-10,16,22H,6-7H2,1-2H3/b22-17?,23-18-. The Hall–Kier alpha value is -2.94. The third kappa shape index (κ3) is 5.52. The summed E-state index contributed by atoms with van der Waals surface area (Å²) in [7, 11) is 2.83. The zero-order valence-electron chi connectivity index (χ0n) is 14.7. The molecule has 0 amide bonds. The van der Waals surface area contributed by atoms with Gasteiger partial charge in [0.05, 0.1) is 6.61 Å². The molecule has 1 N–H and O–H groups in total. The first-order valence-corrected chi connectivity index (χ1v) is 7.85. The fraction of sp³-hybridized carbons (Fsp3) is 0.278. The van der Waals surface area contributed by atoms with E-state index in [4.69, 9.17) is 19.6 Å². The quantitative estimate of drug-likeness (QED) is 0.452. The first-order valence-electron chi connectivity index (χ1n) is 7.85. The molecule has 2 aromatic rings. The first-order chi connectivity index (χ1) is 13.0. The van der Waals surface area contributed by atoms with Gasteiger partial charge in [0, 0.05) is 31.5 Å². The van der Waals surface area contributed by atoms with Crippen LogP contribution in [-0.2, 0) is 9.47 Å². The van der Waals surface area contributed by atoms with Crippen LogP contribution in [0.1, 0.15) is 5.56 Å². The molecule has 0 spiro atoms. The Morgan fingerprint density at radius 3 is 2.70 bits per heavy atom. The molecule has 0 aliphatic rings. The van der Waals surface area contributed by atoms with Crippen LogP contribution >= 0.6 is 0 Å². The van der Waals surface area contributed by atoms with Crippen molar-refractivity contribution in [2.75, 3.05) is 27.4 Å². The van der Waals surface area contributed by atoms with E-state index in [1.54, 1.807) is 12.1 Å². The van der Waals surface area contributed by atoms with E-state index in [2.05, 4.69) is 9.98 Å². The lowest BCUT2D eigenvalue weighted by molar-refractivity contribution is 0.146. The van der Waals surface area contributed by atoms with Crippen molar-refractivity contribution in [2.45, 2.75) is 6.43 Å². The third-order valence-electron chi connectivity index (χ3n) is 3.34. The number of alkyl halides is 2. The highest BCUT2D eigenvalue weighted by Crippen LogP contribution is 2.29. The second kappa shape index (κ2) is 9.67. The summed E-state index contributed by atoms with van der Waals surface area (Å²) in [6, 6.07) is 7.09. The van der Waals surface area contributed by atoms with Crippen molar-refractivity contribution < 1.29 is 27.4 Å². The van der Waals surface area contributed by atoms with Crippen molar-refractivity contribution in [1.82, 2.24) is 4.98 Å². The molecule has 0 radical (unpaired) electrons. The van der Waals surface area contributed by atoms with Crippen molar-refractivity contribution in [2.24, 2.45) is 4.99 Å². The normalized spacial score (nSPS) is 11.6. The number of methoxy groups -OCH3 is 1. The molecule has 1 aromatic carbocycles. The summed E-state index contributed by atoms with van der Waals surface area (Å²) in [4.78, 5) is 7.93. The van der Waals surface area contributed by atoms with Crippen molar-refractivity contribution >= 4 is 11.8 Å². The van der Waals surface area contributed by atoms with Crippen LogP contribution in [0.2, 0.25) is 0 Å². The minimum Gasteiger partial charge on any atom is -0.489 e. The van der Waals surface area contributed by atoms with E-state index in [1.807, 2.05) is 0 Å². The summed E-state index contributed by atoms with van der Waals surface area (Å²) in [5.41, 5.74) is 0.784. The van der Waals surface area contributed by atoms with Crippen LogP contribution in [0, 0.1) is 11.2 Å². The topological polar surface area (TPSA) is 76.8 Å². The van der Waals surface area contributed by atoms with Gasteiger partial charge in [0.25, 0.3) is 5.90 Å². The summed E-state index contributed by atoms with van der Waals surface area (Å²) in [6.45, 7) is 0.632. The van der Waals surface area contributed by atoms with Crippen LogP contribution in [0.3, 0.4) is 0 Å². The van der Waals surface area contributed by atoms with Gasteiger partial charge >= 0.3 is 6.43 Å². The minimum absolute atomic E-state index is 0.0893. The van der Waals surface area contributed by atoms with Gasteiger partial charge in [-0.1, -0.05) is 0 Å². The fourth-order valence-electron chi connectivity index (χ4n) is 2.19. The van der Waals surface area contributed by atoms with E-state index >= 15 is 0 Å². The molecule has 0 fully saturated rings. The van der Waals surface area contributed by atoms with Crippen molar-refractivity contribution in [3.05, 3.63) is 47.9 Å². The number of ether oxygens (including phenoxy) is 3. The highest BCUT2D eigenvalue weighted by molar-refractivity contribution is 6.02. The number of aliphatic imine (C=N–C) groups is 1. The van der Waals surface area contributed by atoms with Gasteiger partial charge in [-0.2, -0.15) is 8.78 Å². The Bertz CT molecular complexity index is 828. The molecule has 0 bridgehead atoms. The number of nitrogens with zero attached hydrogens (tertiary/aromatic N) is 2. The van der Waals surface area contributed by atoms with Gasteiger partial charge in [-0.15, -0.1) is 0 Å². The van der Waals surface area contributed by atoms with Crippen molar-refractivity contribution in [3.63, 3.8) is 0 Å². The van der Waals surface area contributed by atoms with E-state index in [0.29, 0.717) is 23.6 Å². The number of aromatic nitrogens is 1. The Kier molecular flexibility index (Phi) is 7.30. The van der Waals surface area contributed by atoms with Gasteiger partial charge in [0.15, 0.2) is 0 Å². The summed E-state index contributed by atoms with van der Waals surface area (Å²) in [6.07, 6.45) is -1.59. The Labute approximate surface area is 154 Å². The predicted molar refractivity (Wildman–Crippen MR) is 94.3 cm³/mol. The van der Waals surface area contributed by atoms with E-state index in [9.17, 15) is 13.2 Å². The molecule has 1 aromatic heterocycles. The molecular weight excluding hydrogens is 363 g/mol. The lowest BCUT2D eigenvalue weighted by Crippen LogP contribution is -2.19. The number of rotatable bonds is 7. The maximum atomic E-state index is 14.1. The smallest absolute Gasteiger partial charge is 0.312 e. The van der Waals surface area contributed by atoms with E-state index < -0.39 is 18.1 Å². The molecule has 0 saturated heterocycles. The molecule has 2 rings (SSSR count). The monoisotopic (exact) mass is 381 g/mol. The largest absolute Gasteiger partial charge is 0.489 e. The maximum Gasteiger partial charge on any atom is 0.312 e. The highest BCUT2D eigenvalue weighted by atomic mass is 19.3. The Morgan fingerprint density at radius 1 is 1.26 bits per heavy atom. The lowest BCUT2D eigenvalue weighted by Gasteiger charge is -2.13. The molecule has 0 aliphatic carbocycles. The van der Waals surface area contributed by atoms with Gasteiger partial charge in [0.2, 0.25) is 5.90 Å².